The largest absolute Gasteiger partial charge is 0.398 e. The Kier molecular flexibility index (Phi) is 20.4. The zero-order valence-electron chi connectivity index (χ0n) is 49.5. The lowest BCUT2D eigenvalue weighted by atomic mass is 9.98. The fraction of sp³-hybridized carbons (Fsp3) is 0.0617. The van der Waals surface area contributed by atoms with E-state index in [0.717, 1.165) is 28.8 Å². The van der Waals surface area contributed by atoms with Gasteiger partial charge in [0.05, 0.1) is 27.8 Å². The summed E-state index contributed by atoms with van der Waals surface area (Å²) in [6.07, 6.45) is 10.3. The van der Waals surface area contributed by atoms with Gasteiger partial charge in [-0.05, 0) is 150 Å². The molecule has 0 atom stereocenters. The van der Waals surface area contributed by atoms with Crippen LogP contribution in [0.1, 0.15) is 49.4 Å². The van der Waals surface area contributed by atoms with E-state index in [2.05, 4.69) is 236 Å². The maximum Gasteiger partial charge on any atom is 0.0632 e. The number of hydrogen-bond acceptors (Lipinski definition) is 3. The SMILES string of the molecule is C/C=C\CC.C=CC=C.CC(=N)c1ccccc1.Cc1cccc(-c2cccc(-c3ccc(-n4c5ccccc5c5cc(-c6ccc7c(c6)c6ccccc6n7-c6ccccc6)ccc54)cc3)c2)c1.N=C(/C=C(\N)c1ccccc1)c1ccccc1. The third-order valence-corrected chi connectivity index (χ3v) is 14.7. The molecule has 0 aliphatic carbocycles. The number of nitrogens with zero attached hydrogens (tertiary/aromatic N) is 2. The maximum atomic E-state index is 7.95. The average Bonchev–Trinajstić information content (AvgIpc) is 2.03. The Balaban J connectivity index is 0.000000205. The van der Waals surface area contributed by atoms with Crippen molar-refractivity contribution in [1.29, 1.82) is 10.8 Å². The first-order valence-corrected chi connectivity index (χ1v) is 29.1. The second kappa shape index (κ2) is 29.4. The van der Waals surface area contributed by atoms with Crippen LogP contribution in [0.2, 0.25) is 0 Å². The summed E-state index contributed by atoms with van der Waals surface area (Å²) < 4.78 is 4.77. The lowest BCUT2D eigenvalue weighted by Crippen LogP contribution is -2.02. The molecule has 0 amide bonds. The molecule has 5 heteroatoms. The highest BCUT2D eigenvalue weighted by atomic mass is 15.0. The third kappa shape index (κ3) is 14.5. The van der Waals surface area contributed by atoms with Crippen LogP contribution in [0.25, 0.3) is 94.1 Å². The third-order valence-electron chi connectivity index (χ3n) is 14.7. The van der Waals surface area contributed by atoms with E-state index in [4.69, 9.17) is 16.6 Å². The molecule has 4 N–H and O–H groups in total. The topological polar surface area (TPSA) is 83.6 Å². The first kappa shape index (κ1) is 59.7. The van der Waals surface area contributed by atoms with Gasteiger partial charge in [0.1, 0.15) is 0 Å². The molecule has 2 heterocycles. The van der Waals surface area contributed by atoms with Gasteiger partial charge in [-0.3, -0.25) is 0 Å². The summed E-state index contributed by atoms with van der Waals surface area (Å²) in [5, 5.41) is 20.2. The summed E-state index contributed by atoms with van der Waals surface area (Å²) in [5.74, 6) is 0. The van der Waals surface area contributed by atoms with E-state index in [0.29, 0.717) is 17.1 Å². The van der Waals surface area contributed by atoms with Crippen molar-refractivity contribution in [2.45, 2.75) is 34.1 Å². The molecule has 0 unspecified atom stereocenters. The van der Waals surface area contributed by atoms with Crippen molar-refractivity contribution in [2.24, 2.45) is 5.73 Å². The molecule has 0 aliphatic heterocycles. The fourth-order valence-electron chi connectivity index (χ4n) is 10.4. The van der Waals surface area contributed by atoms with E-state index in [1.54, 1.807) is 25.2 Å². The summed E-state index contributed by atoms with van der Waals surface area (Å²) in [6.45, 7) is 14.8. The van der Waals surface area contributed by atoms with Crippen LogP contribution in [0.5, 0.6) is 0 Å². The Bertz CT molecular complexity index is 4460. The summed E-state index contributed by atoms with van der Waals surface area (Å²) >= 11 is 0. The molecule has 0 bridgehead atoms. The predicted octanol–water partition coefficient (Wildman–Crippen LogP) is 21.6. The van der Waals surface area contributed by atoms with Crippen LogP contribution >= 0.6 is 0 Å². The van der Waals surface area contributed by atoms with Crippen LogP contribution in [0, 0.1) is 17.7 Å². The van der Waals surface area contributed by atoms with Gasteiger partial charge in [0.2, 0.25) is 0 Å². The molecule has 13 aromatic rings. The number of nitrogens with two attached hydrogens (primary N) is 1. The van der Waals surface area contributed by atoms with Crippen LogP contribution in [0.3, 0.4) is 0 Å². The summed E-state index contributed by atoms with van der Waals surface area (Å²) in [6, 6.07) is 97.5. The van der Waals surface area contributed by atoms with Gasteiger partial charge >= 0.3 is 0 Å². The van der Waals surface area contributed by atoms with E-state index in [1.807, 2.05) is 97.9 Å². The summed E-state index contributed by atoms with van der Waals surface area (Å²) in [5.41, 5.74) is 26.2. The normalized spacial score (nSPS) is 10.9. The highest BCUT2D eigenvalue weighted by Crippen LogP contribution is 2.39. The van der Waals surface area contributed by atoms with Gasteiger partial charge in [0, 0.05) is 44.3 Å². The molecule has 11 aromatic carbocycles. The molecule has 0 radical (unpaired) electrons. The monoisotopic (exact) mass is 1120 g/mol. The number of benzene rings is 11. The van der Waals surface area contributed by atoms with Gasteiger partial charge in [0.15, 0.2) is 0 Å². The summed E-state index contributed by atoms with van der Waals surface area (Å²) in [4.78, 5) is 0. The van der Waals surface area contributed by atoms with Crippen molar-refractivity contribution in [3.63, 3.8) is 0 Å². The molecule has 0 fully saturated rings. The number of aryl methyl sites for hydroxylation is 1. The van der Waals surface area contributed by atoms with Gasteiger partial charge in [-0.1, -0.05) is 262 Å². The van der Waals surface area contributed by atoms with Crippen molar-refractivity contribution < 1.29 is 0 Å². The molecular formula is C81H73N5. The molecule has 0 aliphatic rings. The second-order valence-corrected chi connectivity index (χ2v) is 20.7. The molecule has 13 rings (SSSR count). The zero-order chi connectivity index (χ0) is 60.2. The van der Waals surface area contributed by atoms with Crippen LogP contribution in [0.4, 0.5) is 0 Å². The molecule has 86 heavy (non-hydrogen) atoms. The number of para-hydroxylation sites is 3. The van der Waals surface area contributed by atoms with Crippen LogP contribution in [-0.2, 0) is 0 Å². The maximum absolute atomic E-state index is 7.95. The van der Waals surface area contributed by atoms with Crippen molar-refractivity contribution in [3.8, 4) is 44.8 Å². The molecule has 0 spiro atoms. The molecule has 422 valence electrons. The van der Waals surface area contributed by atoms with Gasteiger partial charge < -0.3 is 25.7 Å². The number of allylic oxidation sites excluding steroid dienone is 5. The van der Waals surface area contributed by atoms with Crippen molar-refractivity contribution >= 4 is 60.7 Å². The van der Waals surface area contributed by atoms with Gasteiger partial charge in [-0.25, -0.2) is 0 Å². The standard InChI is InChI=1S/C49H34N2.C15H14N2.C8H9N.C5H10.C4H6/c1-33-11-9-12-35(29-33)37-14-10-13-36(30-37)34-21-25-41(26-22-34)51-47-20-8-6-18-43(47)45-32-39(24-28-49(45)51)38-23-27-48-44(31-38)42-17-5-7-19-46(42)50(48)40-15-3-2-4-16-40;16-14(12-7-3-1-4-8-12)11-15(17)13-9-5-2-6-10-13;1-7(9)8-5-3-2-4-6-8;1-3-5-4-2;1-3-4-2/h2-32H,1H3;1-11,16H,17H2;2-6,9H,1H3;3,5H,4H2,1-2H3;3-4H,1-2H2/b;15-11-,16-14?;;5-3-;. The van der Waals surface area contributed by atoms with Crippen molar-refractivity contribution in [2.75, 3.05) is 0 Å². The number of hydrogen-bond donors (Lipinski definition) is 3. The van der Waals surface area contributed by atoms with Gasteiger partial charge in [-0.2, -0.15) is 0 Å². The average molecular weight is 1120 g/mol. The molecule has 2 aromatic heterocycles. The minimum Gasteiger partial charge on any atom is -0.398 e. The van der Waals surface area contributed by atoms with Crippen molar-refractivity contribution in [3.05, 3.63) is 345 Å². The lowest BCUT2D eigenvalue weighted by Gasteiger charge is -2.11. The molecule has 0 saturated heterocycles. The molecule has 0 saturated carbocycles. The van der Waals surface area contributed by atoms with Crippen molar-refractivity contribution in [1.82, 2.24) is 9.13 Å². The van der Waals surface area contributed by atoms with Gasteiger partial charge in [-0.15, -0.1) is 0 Å². The number of nitrogens with one attached hydrogen (secondary N) is 2. The number of fused-ring (bicyclic) bond motifs is 6. The smallest absolute Gasteiger partial charge is 0.0632 e. The molecule has 5 nitrogen and oxygen atoms in total. The Morgan fingerprint density at radius 1 is 0.407 bits per heavy atom. The quantitative estimate of drug-likeness (QED) is 0.0673. The second-order valence-electron chi connectivity index (χ2n) is 20.7. The zero-order valence-corrected chi connectivity index (χ0v) is 49.5. The Morgan fingerprint density at radius 3 is 1.26 bits per heavy atom. The van der Waals surface area contributed by atoms with Crippen LogP contribution in [-0.4, -0.2) is 20.6 Å². The van der Waals surface area contributed by atoms with E-state index in [-0.39, 0.29) is 0 Å². The van der Waals surface area contributed by atoms with E-state index in [1.165, 1.54) is 88.2 Å². The fourth-order valence-corrected chi connectivity index (χ4v) is 10.4. The van der Waals surface area contributed by atoms with Gasteiger partial charge in [0.25, 0.3) is 0 Å². The highest BCUT2D eigenvalue weighted by molar-refractivity contribution is 6.13. The first-order valence-electron chi connectivity index (χ1n) is 29.1. The van der Waals surface area contributed by atoms with E-state index >= 15 is 0 Å². The highest BCUT2D eigenvalue weighted by Gasteiger charge is 2.16. The lowest BCUT2D eigenvalue weighted by molar-refractivity contribution is 1.18. The van der Waals surface area contributed by atoms with E-state index in [9.17, 15) is 0 Å². The number of rotatable bonds is 11. The molecular weight excluding hydrogens is 1040 g/mol. The Labute approximate surface area is 507 Å². The van der Waals surface area contributed by atoms with Crippen LogP contribution in [0.15, 0.2) is 323 Å². The Morgan fingerprint density at radius 2 is 0.802 bits per heavy atom. The first-order chi connectivity index (χ1) is 42.1. The Hall–Kier alpha value is -10.9. The van der Waals surface area contributed by atoms with E-state index < -0.39 is 0 Å². The minimum atomic E-state index is 0.423. The number of aromatic nitrogens is 2. The predicted molar refractivity (Wildman–Crippen MR) is 372 cm³/mol. The summed E-state index contributed by atoms with van der Waals surface area (Å²) in [7, 11) is 0. The van der Waals surface area contributed by atoms with Crippen LogP contribution < -0.4 is 5.73 Å². The minimum absolute atomic E-state index is 0.423.